The van der Waals surface area contributed by atoms with E-state index in [2.05, 4.69) is 5.32 Å². The molecule has 104 valence electrons. The highest BCUT2D eigenvalue weighted by atomic mass is 35.5. The molecule has 0 fully saturated rings. The first-order valence-electron chi connectivity index (χ1n) is 5.43. The van der Waals surface area contributed by atoms with Crippen LogP contribution in [0.2, 0.25) is 5.02 Å². The van der Waals surface area contributed by atoms with E-state index in [0.29, 0.717) is 6.07 Å². The van der Waals surface area contributed by atoms with Crippen molar-refractivity contribution < 1.29 is 18.7 Å². The molecule has 0 heterocycles. The highest BCUT2D eigenvalue weighted by Gasteiger charge is 2.13. The summed E-state index contributed by atoms with van der Waals surface area (Å²) in [6, 6.07) is 5.67. The molecule has 4 N–H and O–H groups in total. The number of carbonyl (C=O) groups is 1. The Kier molecular flexibility index (Phi) is 3.76. The van der Waals surface area contributed by atoms with Gasteiger partial charge in [-0.2, -0.15) is 0 Å². The first-order valence-corrected chi connectivity index (χ1v) is 5.80. The Balaban J connectivity index is 2.41. The van der Waals surface area contributed by atoms with Crippen molar-refractivity contribution in [2.45, 2.75) is 0 Å². The van der Waals surface area contributed by atoms with Gasteiger partial charge in [0.15, 0.2) is 5.82 Å². The fourth-order valence-electron chi connectivity index (χ4n) is 1.63. The van der Waals surface area contributed by atoms with Gasteiger partial charge in [-0.25, -0.2) is 13.6 Å². The normalized spacial score (nSPS) is 10.3. The molecule has 0 aromatic heterocycles. The molecule has 0 atom stereocenters. The lowest BCUT2D eigenvalue weighted by Crippen LogP contribution is -2.04. The van der Waals surface area contributed by atoms with Gasteiger partial charge in [0.25, 0.3) is 0 Å². The van der Waals surface area contributed by atoms with E-state index in [1.165, 1.54) is 18.2 Å². The molecule has 0 aliphatic heterocycles. The third-order valence-corrected chi connectivity index (χ3v) is 2.86. The Bertz CT molecular complexity index is 669. The summed E-state index contributed by atoms with van der Waals surface area (Å²) < 4.78 is 26.5. The van der Waals surface area contributed by atoms with Crippen LogP contribution < -0.4 is 11.1 Å². The average molecular weight is 299 g/mol. The van der Waals surface area contributed by atoms with Gasteiger partial charge in [0.05, 0.1) is 16.3 Å². The van der Waals surface area contributed by atoms with E-state index in [0.717, 1.165) is 6.07 Å². The quantitative estimate of drug-likeness (QED) is 0.756. The van der Waals surface area contributed by atoms with Crippen LogP contribution in [0.4, 0.5) is 25.8 Å². The summed E-state index contributed by atoms with van der Waals surface area (Å²) in [6.07, 6.45) is 0. The zero-order chi connectivity index (χ0) is 14.9. The molecule has 0 radical (unpaired) electrons. The number of anilines is 3. The molecule has 0 saturated carbocycles. The van der Waals surface area contributed by atoms with Gasteiger partial charge in [0, 0.05) is 17.4 Å². The number of nitrogens with one attached hydrogen (secondary N) is 1. The SMILES string of the molecule is Nc1ccc(Nc2c(F)cc(F)cc2Cl)cc1C(=O)O. The van der Waals surface area contributed by atoms with E-state index in [9.17, 15) is 13.6 Å². The molecular formula is C13H9ClF2N2O2. The van der Waals surface area contributed by atoms with Crippen LogP contribution in [0.3, 0.4) is 0 Å². The van der Waals surface area contributed by atoms with Crippen molar-refractivity contribution in [3.05, 3.63) is 52.6 Å². The highest BCUT2D eigenvalue weighted by molar-refractivity contribution is 6.33. The summed E-state index contributed by atoms with van der Waals surface area (Å²) in [4.78, 5) is 10.9. The highest BCUT2D eigenvalue weighted by Crippen LogP contribution is 2.30. The van der Waals surface area contributed by atoms with Crippen LogP contribution in [-0.2, 0) is 0 Å². The number of benzene rings is 2. The number of aromatic carboxylic acids is 1. The van der Waals surface area contributed by atoms with Gasteiger partial charge in [-0.1, -0.05) is 11.6 Å². The third kappa shape index (κ3) is 2.80. The van der Waals surface area contributed by atoms with Gasteiger partial charge in [0.2, 0.25) is 0 Å². The maximum absolute atomic E-state index is 13.6. The maximum atomic E-state index is 13.6. The van der Waals surface area contributed by atoms with Gasteiger partial charge in [0.1, 0.15) is 5.82 Å². The number of carboxylic acid groups (broad SMARTS) is 1. The molecule has 0 unspecified atom stereocenters. The number of rotatable bonds is 3. The van der Waals surface area contributed by atoms with Crippen molar-refractivity contribution >= 4 is 34.6 Å². The van der Waals surface area contributed by atoms with E-state index in [4.69, 9.17) is 22.4 Å². The Morgan fingerprint density at radius 3 is 2.55 bits per heavy atom. The summed E-state index contributed by atoms with van der Waals surface area (Å²) in [7, 11) is 0. The Morgan fingerprint density at radius 2 is 1.95 bits per heavy atom. The zero-order valence-corrected chi connectivity index (χ0v) is 10.7. The van der Waals surface area contributed by atoms with Crippen LogP contribution in [0, 0.1) is 11.6 Å². The molecule has 0 amide bonds. The van der Waals surface area contributed by atoms with Gasteiger partial charge in [-0.05, 0) is 24.3 Å². The monoisotopic (exact) mass is 298 g/mol. The third-order valence-electron chi connectivity index (χ3n) is 2.56. The summed E-state index contributed by atoms with van der Waals surface area (Å²) in [5.41, 5.74) is 5.58. The van der Waals surface area contributed by atoms with E-state index in [1.54, 1.807) is 0 Å². The minimum Gasteiger partial charge on any atom is -0.478 e. The lowest BCUT2D eigenvalue weighted by molar-refractivity contribution is 0.0698. The number of carboxylic acids is 1. The van der Waals surface area contributed by atoms with E-state index >= 15 is 0 Å². The first-order chi connectivity index (χ1) is 9.38. The smallest absolute Gasteiger partial charge is 0.337 e. The van der Waals surface area contributed by atoms with Crippen LogP contribution in [0.15, 0.2) is 30.3 Å². The number of nitrogen functional groups attached to an aromatic ring is 1. The fourth-order valence-corrected chi connectivity index (χ4v) is 1.87. The number of nitrogens with two attached hydrogens (primary N) is 1. The predicted octanol–water partition coefficient (Wildman–Crippen LogP) is 3.64. The van der Waals surface area contributed by atoms with Gasteiger partial charge in [-0.3, -0.25) is 0 Å². The van der Waals surface area contributed by atoms with Gasteiger partial charge < -0.3 is 16.2 Å². The molecule has 2 aromatic carbocycles. The van der Waals surface area contributed by atoms with Gasteiger partial charge in [-0.15, -0.1) is 0 Å². The molecule has 0 bridgehead atoms. The summed E-state index contributed by atoms with van der Waals surface area (Å²) in [6.45, 7) is 0. The van der Waals surface area contributed by atoms with E-state index in [-0.39, 0.29) is 27.6 Å². The fraction of sp³-hybridized carbons (Fsp3) is 0. The van der Waals surface area contributed by atoms with E-state index < -0.39 is 17.6 Å². The van der Waals surface area contributed by atoms with E-state index in [1.807, 2.05) is 0 Å². The molecule has 20 heavy (non-hydrogen) atoms. The molecular weight excluding hydrogens is 290 g/mol. The molecule has 2 aromatic rings. The van der Waals surface area contributed by atoms with Crippen molar-refractivity contribution in [2.75, 3.05) is 11.1 Å². The summed E-state index contributed by atoms with van der Waals surface area (Å²) >= 11 is 5.73. The lowest BCUT2D eigenvalue weighted by atomic mass is 10.1. The molecule has 0 spiro atoms. The number of hydrogen-bond acceptors (Lipinski definition) is 3. The minimum atomic E-state index is -1.21. The first kappa shape index (κ1) is 14.1. The summed E-state index contributed by atoms with van der Waals surface area (Å²) in [5.74, 6) is -2.90. The number of halogens is 3. The Morgan fingerprint density at radius 1 is 1.25 bits per heavy atom. The van der Waals surface area contributed by atoms with Crippen LogP contribution in [0.25, 0.3) is 0 Å². The van der Waals surface area contributed by atoms with Gasteiger partial charge >= 0.3 is 5.97 Å². The second-order valence-electron chi connectivity index (χ2n) is 3.98. The van der Waals surface area contributed by atoms with Crippen molar-refractivity contribution in [1.29, 1.82) is 0 Å². The van der Waals surface area contributed by atoms with Crippen molar-refractivity contribution in [2.24, 2.45) is 0 Å². The molecule has 2 rings (SSSR count). The van der Waals surface area contributed by atoms with Crippen LogP contribution in [0.5, 0.6) is 0 Å². The average Bonchev–Trinajstić information content (AvgIpc) is 2.35. The van der Waals surface area contributed by atoms with Crippen LogP contribution in [-0.4, -0.2) is 11.1 Å². The standard InChI is InChI=1S/C13H9ClF2N2O2/c14-9-3-6(15)4-10(16)12(9)18-7-1-2-11(17)8(5-7)13(19)20/h1-5,18H,17H2,(H,19,20). The Labute approximate surface area is 117 Å². The molecule has 0 aliphatic carbocycles. The van der Waals surface area contributed by atoms with Crippen molar-refractivity contribution in [3.63, 3.8) is 0 Å². The molecule has 4 nitrogen and oxygen atoms in total. The molecule has 0 saturated heterocycles. The number of hydrogen-bond donors (Lipinski definition) is 3. The molecule has 7 heteroatoms. The Hall–Kier alpha value is -2.34. The molecule has 0 aliphatic rings. The van der Waals surface area contributed by atoms with Crippen LogP contribution in [0.1, 0.15) is 10.4 Å². The van der Waals surface area contributed by atoms with Crippen LogP contribution >= 0.6 is 11.6 Å². The van der Waals surface area contributed by atoms with Crippen molar-refractivity contribution in [3.8, 4) is 0 Å². The predicted molar refractivity (Wildman–Crippen MR) is 72.5 cm³/mol. The minimum absolute atomic E-state index is 0.0775. The second-order valence-corrected chi connectivity index (χ2v) is 4.38. The maximum Gasteiger partial charge on any atom is 0.337 e. The second kappa shape index (κ2) is 5.34. The lowest BCUT2D eigenvalue weighted by Gasteiger charge is -2.11. The summed E-state index contributed by atoms with van der Waals surface area (Å²) in [5, 5.41) is 11.4. The topological polar surface area (TPSA) is 75.3 Å². The zero-order valence-electron chi connectivity index (χ0n) is 9.95. The van der Waals surface area contributed by atoms with Crippen molar-refractivity contribution in [1.82, 2.24) is 0 Å². The largest absolute Gasteiger partial charge is 0.478 e.